The highest BCUT2D eigenvalue weighted by atomic mass is 35.5. The van der Waals surface area contributed by atoms with E-state index in [2.05, 4.69) is 99.8 Å². The van der Waals surface area contributed by atoms with Crippen molar-refractivity contribution < 1.29 is 14.2 Å². The number of quaternary nitrogens is 1. The van der Waals surface area contributed by atoms with Gasteiger partial charge in [0.25, 0.3) is 0 Å². The van der Waals surface area contributed by atoms with E-state index < -0.39 is 0 Å². The number of aromatic nitrogens is 1. The largest absolute Gasteiger partial charge is 0.400 e. The smallest absolute Gasteiger partial charge is 0.327 e. The molecular formula is C32H42ClN5O+2. The Morgan fingerprint density at radius 2 is 1.77 bits per heavy atom. The number of aliphatic hydroxyl groups excluding tert-OH is 1. The fourth-order valence-corrected chi connectivity index (χ4v) is 5.92. The SMILES string of the molecule is CN1C=CC=C2C1=N/C(=C/C=C1\C[N+](C)(C)CC(/C=C/C3=Nc4c(ccc[n+]4C)C3(C)C)=C1Cl)C2(C)C.CO. The van der Waals surface area contributed by atoms with Crippen molar-refractivity contribution in [2.24, 2.45) is 22.4 Å². The molecule has 0 aliphatic carbocycles. The first-order chi connectivity index (χ1) is 18.3. The van der Waals surface area contributed by atoms with Crippen LogP contribution in [0.1, 0.15) is 33.3 Å². The van der Waals surface area contributed by atoms with E-state index in [1.165, 1.54) is 11.1 Å². The minimum atomic E-state index is -0.152. The predicted octanol–water partition coefficient (Wildman–Crippen LogP) is 5.26. The summed E-state index contributed by atoms with van der Waals surface area (Å²) in [5.41, 5.74) is 6.59. The predicted molar refractivity (Wildman–Crippen MR) is 162 cm³/mol. The first kappa shape index (κ1) is 28.9. The molecule has 0 spiro atoms. The van der Waals surface area contributed by atoms with Crippen LogP contribution in [-0.4, -0.2) is 67.4 Å². The topological polar surface area (TPSA) is 52.1 Å². The number of nitrogens with zero attached hydrogens (tertiary/aromatic N) is 5. The van der Waals surface area contributed by atoms with Crippen LogP contribution in [0.25, 0.3) is 0 Å². The maximum atomic E-state index is 7.06. The lowest BCUT2D eigenvalue weighted by molar-refractivity contribution is -0.881. The molecule has 0 atom stereocenters. The second-order valence-electron chi connectivity index (χ2n) is 12.2. The minimum Gasteiger partial charge on any atom is -0.400 e. The average molecular weight is 548 g/mol. The zero-order valence-electron chi connectivity index (χ0n) is 24.7. The molecular weight excluding hydrogens is 506 g/mol. The lowest BCUT2D eigenvalue weighted by Gasteiger charge is -2.35. The van der Waals surface area contributed by atoms with Crippen molar-refractivity contribution in [1.82, 2.24) is 4.90 Å². The second-order valence-corrected chi connectivity index (χ2v) is 12.6. The molecule has 4 aliphatic rings. The summed E-state index contributed by atoms with van der Waals surface area (Å²) in [5.74, 6) is 2.05. The lowest BCUT2D eigenvalue weighted by Crippen LogP contribution is -2.45. The van der Waals surface area contributed by atoms with Gasteiger partial charge in [-0.3, -0.25) is 0 Å². The highest BCUT2D eigenvalue weighted by molar-refractivity contribution is 6.32. The van der Waals surface area contributed by atoms with Gasteiger partial charge in [-0.25, -0.2) is 9.56 Å². The third kappa shape index (κ3) is 5.25. The number of allylic oxidation sites excluding steroid dienone is 6. The summed E-state index contributed by atoms with van der Waals surface area (Å²) in [4.78, 5) is 12.1. The fraction of sp³-hybridized carbons (Fsp3) is 0.406. The first-order valence-corrected chi connectivity index (χ1v) is 13.7. The van der Waals surface area contributed by atoms with E-state index in [-0.39, 0.29) is 10.8 Å². The molecule has 1 aromatic heterocycles. The van der Waals surface area contributed by atoms with Crippen LogP contribution in [0, 0.1) is 5.41 Å². The van der Waals surface area contributed by atoms with Crippen molar-refractivity contribution in [2.45, 2.75) is 33.1 Å². The van der Waals surface area contributed by atoms with Crippen molar-refractivity contribution in [2.75, 3.05) is 41.3 Å². The first-order valence-electron chi connectivity index (χ1n) is 13.4. The molecule has 0 aromatic carbocycles. The number of pyridine rings is 1. The molecule has 0 unspecified atom stereocenters. The summed E-state index contributed by atoms with van der Waals surface area (Å²) in [6.07, 6.45) is 17.0. The minimum absolute atomic E-state index is 0.152. The number of aliphatic imine (C=N–C) groups is 2. The Morgan fingerprint density at radius 3 is 2.44 bits per heavy atom. The van der Waals surface area contributed by atoms with Gasteiger partial charge in [-0.2, -0.15) is 0 Å². The van der Waals surface area contributed by atoms with E-state index in [4.69, 9.17) is 26.7 Å². The molecule has 0 saturated carbocycles. The maximum Gasteiger partial charge on any atom is 0.327 e. The Bertz CT molecular complexity index is 1430. The second kappa shape index (κ2) is 10.5. The Morgan fingerprint density at radius 1 is 1.05 bits per heavy atom. The lowest BCUT2D eigenvalue weighted by atomic mass is 9.81. The number of halogens is 1. The van der Waals surface area contributed by atoms with Gasteiger partial charge in [0.2, 0.25) is 0 Å². The Labute approximate surface area is 238 Å². The van der Waals surface area contributed by atoms with Crippen LogP contribution in [0.15, 0.2) is 98.4 Å². The third-order valence-electron chi connectivity index (χ3n) is 8.02. The highest BCUT2D eigenvalue weighted by Crippen LogP contribution is 2.44. The standard InChI is InChI=1S/C31H38ClN5.CH4O/c1-30(2)23-11-9-17-35(5)28(23)33-25(30)15-13-21-19-37(7,8)20-22(27(21)32)14-16-26-31(3,4)24-12-10-18-36(6)29(24)34-26;1-2/h9-18H,19-20H2,1-8H3;2H,1H3/q+2;. The Hall–Kier alpha value is -3.06. The van der Waals surface area contributed by atoms with Gasteiger partial charge in [-0.1, -0.05) is 37.6 Å². The summed E-state index contributed by atoms with van der Waals surface area (Å²) in [7, 11) is 9.61. The third-order valence-corrected chi connectivity index (χ3v) is 8.51. The molecule has 0 bridgehead atoms. The summed E-state index contributed by atoms with van der Waals surface area (Å²) in [6.45, 7) is 10.7. The normalized spacial score (nSPS) is 24.4. The van der Waals surface area contributed by atoms with Gasteiger partial charge in [0.1, 0.15) is 18.9 Å². The fourth-order valence-electron chi connectivity index (χ4n) is 5.67. The zero-order valence-corrected chi connectivity index (χ0v) is 25.5. The van der Waals surface area contributed by atoms with Gasteiger partial charge in [-0.05, 0) is 55.3 Å². The van der Waals surface area contributed by atoms with E-state index in [0.29, 0.717) is 0 Å². The number of likely N-dealkylation sites (N-methyl/N-ethyl adjacent to an activating group) is 2. The summed E-state index contributed by atoms with van der Waals surface area (Å²) in [5, 5.41) is 7.84. The van der Waals surface area contributed by atoms with E-state index in [0.717, 1.165) is 63.9 Å². The molecule has 5 heterocycles. The van der Waals surface area contributed by atoms with Crippen molar-refractivity contribution in [3.05, 3.63) is 94.0 Å². The molecule has 4 aliphatic heterocycles. The van der Waals surface area contributed by atoms with E-state index in [1.54, 1.807) is 0 Å². The molecule has 0 fully saturated rings. The number of hydrogen-bond acceptors (Lipinski definition) is 4. The van der Waals surface area contributed by atoms with Crippen LogP contribution in [0.5, 0.6) is 0 Å². The highest BCUT2D eigenvalue weighted by Gasteiger charge is 2.42. The molecule has 0 saturated heterocycles. The quantitative estimate of drug-likeness (QED) is 0.415. The van der Waals surface area contributed by atoms with Crippen LogP contribution in [0.4, 0.5) is 5.82 Å². The van der Waals surface area contributed by atoms with Crippen LogP contribution >= 0.6 is 11.6 Å². The molecule has 1 N–H and O–H groups in total. The summed E-state index contributed by atoms with van der Waals surface area (Å²) < 4.78 is 2.93. The van der Waals surface area contributed by atoms with Gasteiger partial charge < -0.3 is 14.5 Å². The monoisotopic (exact) mass is 547 g/mol. The van der Waals surface area contributed by atoms with E-state index in [9.17, 15) is 0 Å². The molecule has 206 valence electrons. The number of hydrogen-bond donors (Lipinski definition) is 1. The van der Waals surface area contributed by atoms with Gasteiger partial charge in [0, 0.05) is 42.5 Å². The number of fused-ring (bicyclic) bond motifs is 2. The number of amidine groups is 1. The summed E-state index contributed by atoms with van der Waals surface area (Å²) >= 11 is 7.06. The number of aliphatic hydroxyl groups is 1. The average Bonchev–Trinajstić information content (AvgIpc) is 3.30. The number of rotatable bonds is 3. The zero-order chi connectivity index (χ0) is 28.8. The van der Waals surface area contributed by atoms with Crippen molar-refractivity contribution >= 4 is 29.0 Å². The molecule has 1 aromatic rings. The van der Waals surface area contributed by atoms with Crippen LogP contribution in [0.2, 0.25) is 0 Å². The van der Waals surface area contributed by atoms with Gasteiger partial charge in [-0.15, -0.1) is 0 Å². The Kier molecular flexibility index (Phi) is 7.78. The van der Waals surface area contributed by atoms with Gasteiger partial charge in [0.05, 0.1) is 49.0 Å². The Balaban J connectivity index is 0.00000172. The van der Waals surface area contributed by atoms with Crippen LogP contribution in [0.3, 0.4) is 0 Å². The maximum absolute atomic E-state index is 7.06. The van der Waals surface area contributed by atoms with Gasteiger partial charge >= 0.3 is 5.82 Å². The number of aryl methyl sites for hydroxylation is 1. The van der Waals surface area contributed by atoms with Crippen LogP contribution in [-0.2, 0) is 12.5 Å². The van der Waals surface area contributed by atoms with Gasteiger partial charge in [0.15, 0.2) is 5.71 Å². The molecule has 7 heteroatoms. The van der Waals surface area contributed by atoms with E-state index >= 15 is 0 Å². The molecule has 0 radical (unpaired) electrons. The molecule has 5 rings (SSSR count). The molecule has 6 nitrogen and oxygen atoms in total. The van der Waals surface area contributed by atoms with E-state index in [1.807, 2.05) is 26.5 Å². The van der Waals surface area contributed by atoms with Crippen molar-refractivity contribution in [3.8, 4) is 0 Å². The van der Waals surface area contributed by atoms with Crippen molar-refractivity contribution in [1.29, 1.82) is 0 Å². The molecule has 0 amide bonds. The van der Waals surface area contributed by atoms with Crippen molar-refractivity contribution in [3.63, 3.8) is 0 Å². The van der Waals surface area contributed by atoms with Crippen LogP contribution < -0.4 is 4.57 Å². The summed E-state index contributed by atoms with van der Waals surface area (Å²) in [6, 6.07) is 4.26. The molecule has 39 heavy (non-hydrogen) atoms.